The van der Waals surface area contributed by atoms with E-state index < -0.39 is 5.91 Å². The predicted molar refractivity (Wildman–Crippen MR) is 90.1 cm³/mol. The molecule has 0 unspecified atom stereocenters. The van der Waals surface area contributed by atoms with Gasteiger partial charge in [0, 0.05) is 5.38 Å². The Kier molecular flexibility index (Phi) is 4.39. The second-order valence-electron chi connectivity index (χ2n) is 5.21. The van der Waals surface area contributed by atoms with E-state index in [1.165, 1.54) is 22.2 Å². The summed E-state index contributed by atoms with van der Waals surface area (Å²) < 4.78 is 1.47. The molecule has 7 nitrogen and oxygen atoms in total. The van der Waals surface area contributed by atoms with E-state index in [0.29, 0.717) is 5.56 Å². The maximum atomic E-state index is 12.1. The highest BCUT2D eigenvalue weighted by molar-refractivity contribution is 7.08. The van der Waals surface area contributed by atoms with Gasteiger partial charge in [0.2, 0.25) is 0 Å². The van der Waals surface area contributed by atoms with Crippen molar-refractivity contribution in [3.05, 3.63) is 64.1 Å². The Labute approximate surface area is 142 Å². The molecule has 0 radical (unpaired) electrons. The van der Waals surface area contributed by atoms with Gasteiger partial charge in [0.1, 0.15) is 0 Å². The first-order valence-electron chi connectivity index (χ1n) is 7.20. The van der Waals surface area contributed by atoms with Crippen molar-refractivity contribution in [3.63, 3.8) is 0 Å². The highest BCUT2D eigenvalue weighted by atomic mass is 32.1. The molecule has 0 aliphatic carbocycles. The SMILES string of the molecule is C[C@@H](NC(=O)c1ccsc1)c1ccc(-n2cc(C(N)=O)nn2)cc1. The molecule has 0 aliphatic rings. The average Bonchev–Trinajstić information content (AvgIpc) is 3.26. The highest BCUT2D eigenvalue weighted by Gasteiger charge is 2.12. The van der Waals surface area contributed by atoms with Crippen LogP contribution in [0.15, 0.2) is 47.3 Å². The number of rotatable bonds is 5. The Morgan fingerprint density at radius 1 is 1.25 bits per heavy atom. The maximum Gasteiger partial charge on any atom is 0.270 e. The first-order valence-corrected chi connectivity index (χ1v) is 8.14. The number of nitrogens with zero attached hydrogens (tertiary/aromatic N) is 3. The molecule has 3 N–H and O–H groups in total. The number of thiophene rings is 1. The molecule has 2 heterocycles. The van der Waals surface area contributed by atoms with Gasteiger partial charge < -0.3 is 11.1 Å². The molecule has 24 heavy (non-hydrogen) atoms. The van der Waals surface area contributed by atoms with E-state index in [0.717, 1.165) is 11.3 Å². The zero-order chi connectivity index (χ0) is 17.1. The van der Waals surface area contributed by atoms with Gasteiger partial charge in [-0.1, -0.05) is 17.3 Å². The van der Waals surface area contributed by atoms with Gasteiger partial charge in [-0.3, -0.25) is 9.59 Å². The normalized spacial score (nSPS) is 11.9. The van der Waals surface area contributed by atoms with Gasteiger partial charge in [-0.15, -0.1) is 5.10 Å². The van der Waals surface area contributed by atoms with E-state index >= 15 is 0 Å². The number of carbonyl (C=O) groups is 2. The number of amides is 2. The fourth-order valence-corrected chi connectivity index (χ4v) is 2.81. The van der Waals surface area contributed by atoms with Crippen LogP contribution in [0.4, 0.5) is 0 Å². The third kappa shape index (κ3) is 3.33. The third-order valence-corrected chi connectivity index (χ3v) is 4.22. The van der Waals surface area contributed by atoms with Crippen LogP contribution in [0.1, 0.15) is 39.4 Å². The lowest BCUT2D eigenvalue weighted by Crippen LogP contribution is -2.26. The van der Waals surface area contributed by atoms with E-state index in [9.17, 15) is 9.59 Å². The van der Waals surface area contributed by atoms with Crippen LogP contribution in [-0.4, -0.2) is 26.8 Å². The average molecular weight is 341 g/mol. The number of nitrogens with one attached hydrogen (secondary N) is 1. The van der Waals surface area contributed by atoms with Gasteiger partial charge in [-0.2, -0.15) is 11.3 Å². The zero-order valence-corrected chi connectivity index (χ0v) is 13.7. The van der Waals surface area contributed by atoms with Crippen molar-refractivity contribution in [2.24, 2.45) is 5.73 Å². The van der Waals surface area contributed by atoms with Gasteiger partial charge in [-0.25, -0.2) is 4.68 Å². The number of hydrogen-bond acceptors (Lipinski definition) is 5. The van der Waals surface area contributed by atoms with Crippen molar-refractivity contribution in [1.82, 2.24) is 20.3 Å². The van der Waals surface area contributed by atoms with Crippen molar-refractivity contribution in [2.45, 2.75) is 13.0 Å². The molecule has 0 fully saturated rings. The van der Waals surface area contributed by atoms with Crippen molar-refractivity contribution >= 4 is 23.2 Å². The fraction of sp³-hybridized carbons (Fsp3) is 0.125. The zero-order valence-electron chi connectivity index (χ0n) is 12.8. The lowest BCUT2D eigenvalue weighted by atomic mass is 10.1. The Hall–Kier alpha value is -3.00. The van der Waals surface area contributed by atoms with E-state index in [1.807, 2.05) is 41.9 Å². The summed E-state index contributed by atoms with van der Waals surface area (Å²) in [5.74, 6) is -0.724. The predicted octanol–water partition coefficient (Wildman–Crippen LogP) is 1.92. The standard InChI is InChI=1S/C16H15N5O2S/c1-10(18-16(23)12-6-7-24-9-12)11-2-4-13(5-3-11)21-8-14(15(17)22)19-20-21/h2-10H,1H3,(H2,17,22)(H,18,23)/t10-/m1/s1. The number of nitrogens with two attached hydrogens (primary N) is 1. The minimum absolute atomic E-state index is 0.102. The van der Waals surface area contributed by atoms with Crippen molar-refractivity contribution in [2.75, 3.05) is 0 Å². The molecular formula is C16H15N5O2S. The Balaban J connectivity index is 1.71. The Bertz CT molecular complexity index is 855. The molecule has 122 valence electrons. The second-order valence-corrected chi connectivity index (χ2v) is 5.99. The van der Waals surface area contributed by atoms with Crippen molar-refractivity contribution in [1.29, 1.82) is 0 Å². The lowest BCUT2D eigenvalue weighted by molar-refractivity contribution is 0.0939. The quantitative estimate of drug-likeness (QED) is 0.740. The van der Waals surface area contributed by atoms with Gasteiger partial charge in [-0.05, 0) is 36.1 Å². The van der Waals surface area contributed by atoms with Crippen molar-refractivity contribution in [3.8, 4) is 5.69 Å². The van der Waals surface area contributed by atoms with Crippen LogP contribution >= 0.6 is 11.3 Å². The molecule has 0 bridgehead atoms. The lowest BCUT2D eigenvalue weighted by Gasteiger charge is -2.14. The van der Waals surface area contributed by atoms with E-state index in [1.54, 1.807) is 6.07 Å². The summed E-state index contributed by atoms with van der Waals surface area (Å²) in [4.78, 5) is 23.1. The number of benzene rings is 1. The van der Waals surface area contributed by atoms with Crippen LogP contribution in [0, 0.1) is 0 Å². The molecule has 1 aromatic carbocycles. The first kappa shape index (κ1) is 15.9. The molecule has 1 atom stereocenters. The van der Waals surface area contributed by atoms with Crippen molar-refractivity contribution < 1.29 is 9.59 Å². The molecule has 2 amide bonds. The summed E-state index contributed by atoms with van der Waals surface area (Å²) in [5.41, 5.74) is 7.63. The van der Waals surface area contributed by atoms with Crippen LogP contribution in [0.5, 0.6) is 0 Å². The number of aromatic nitrogens is 3. The van der Waals surface area contributed by atoms with Crippen LogP contribution in [0.3, 0.4) is 0 Å². The molecule has 2 aromatic heterocycles. The van der Waals surface area contributed by atoms with Gasteiger partial charge >= 0.3 is 0 Å². The molecule has 0 saturated heterocycles. The topological polar surface area (TPSA) is 103 Å². The third-order valence-electron chi connectivity index (χ3n) is 3.53. The fourth-order valence-electron chi connectivity index (χ4n) is 2.18. The Morgan fingerprint density at radius 2 is 2.00 bits per heavy atom. The van der Waals surface area contributed by atoms with E-state index in [2.05, 4.69) is 15.6 Å². The summed E-state index contributed by atoms with van der Waals surface area (Å²) in [5, 5.41) is 14.2. The molecule has 0 aliphatic heterocycles. The van der Waals surface area contributed by atoms with Gasteiger partial charge in [0.25, 0.3) is 11.8 Å². The minimum atomic E-state index is -0.623. The highest BCUT2D eigenvalue weighted by Crippen LogP contribution is 2.16. The molecule has 3 aromatic rings. The molecule has 8 heteroatoms. The Morgan fingerprint density at radius 3 is 2.58 bits per heavy atom. The summed E-state index contributed by atoms with van der Waals surface area (Å²) in [6.45, 7) is 1.92. The molecule has 3 rings (SSSR count). The molecular weight excluding hydrogens is 326 g/mol. The van der Waals surface area contributed by atoms with Gasteiger partial charge in [0.15, 0.2) is 5.69 Å². The smallest absolute Gasteiger partial charge is 0.270 e. The molecule has 0 saturated carbocycles. The van der Waals surface area contributed by atoms with E-state index in [-0.39, 0.29) is 17.6 Å². The van der Waals surface area contributed by atoms with E-state index in [4.69, 9.17) is 5.73 Å². The summed E-state index contributed by atoms with van der Waals surface area (Å²) >= 11 is 1.49. The minimum Gasteiger partial charge on any atom is -0.364 e. The summed E-state index contributed by atoms with van der Waals surface area (Å²) in [6.07, 6.45) is 1.47. The maximum absolute atomic E-state index is 12.1. The second kappa shape index (κ2) is 6.63. The van der Waals surface area contributed by atoms with Gasteiger partial charge in [0.05, 0.1) is 23.5 Å². The van der Waals surface area contributed by atoms with Crippen LogP contribution in [0.25, 0.3) is 5.69 Å². The van der Waals surface area contributed by atoms with Crippen LogP contribution in [0.2, 0.25) is 0 Å². The first-order chi connectivity index (χ1) is 11.5. The molecule has 0 spiro atoms. The number of hydrogen-bond donors (Lipinski definition) is 2. The monoisotopic (exact) mass is 341 g/mol. The number of carbonyl (C=O) groups excluding carboxylic acids is 2. The summed E-state index contributed by atoms with van der Waals surface area (Å²) in [6, 6.07) is 9.10. The number of primary amides is 1. The largest absolute Gasteiger partial charge is 0.364 e. The van der Waals surface area contributed by atoms with Crippen LogP contribution < -0.4 is 11.1 Å². The summed E-state index contributed by atoms with van der Waals surface area (Å²) in [7, 11) is 0. The van der Waals surface area contributed by atoms with Crippen LogP contribution in [-0.2, 0) is 0 Å².